The molecule has 0 aromatic carbocycles. The molecule has 2 aliphatic heterocycles. The van der Waals surface area contributed by atoms with E-state index in [1.165, 1.54) is 6.07 Å². The molecule has 0 unspecified atom stereocenters. The van der Waals surface area contributed by atoms with Crippen LogP contribution in [0, 0.1) is 11.3 Å². The minimum atomic E-state index is -4.56. The Hall–Kier alpha value is -2.44. The second kappa shape index (κ2) is 14.5. The van der Waals surface area contributed by atoms with Gasteiger partial charge in [-0.15, -0.1) is 0 Å². The number of hydrogen-bond donors (Lipinski definition) is 2. The van der Waals surface area contributed by atoms with E-state index in [0.717, 1.165) is 19.3 Å². The lowest BCUT2D eigenvalue weighted by atomic mass is 9.74. The third-order valence-corrected chi connectivity index (χ3v) is 9.49. The van der Waals surface area contributed by atoms with E-state index in [9.17, 15) is 22.8 Å². The number of aromatic nitrogens is 1. The van der Waals surface area contributed by atoms with E-state index in [0.29, 0.717) is 63.2 Å². The summed E-state index contributed by atoms with van der Waals surface area (Å²) >= 11 is 0. The molecule has 4 rings (SSSR count). The fourth-order valence-electron chi connectivity index (χ4n) is 6.98. The van der Waals surface area contributed by atoms with Crippen molar-refractivity contribution in [3.63, 3.8) is 0 Å². The molecule has 2 amide bonds. The van der Waals surface area contributed by atoms with Crippen molar-refractivity contribution in [2.45, 2.75) is 122 Å². The minimum absolute atomic E-state index is 0.0177. The van der Waals surface area contributed by atoms with Crippen LogP contribution in [0.3, 0.4) is 0 Å². The van der Waals surface area contributed by atoms with Crippen LogP contribution in [0.4, 0.5) is 18.0 Å². The molecule has 1 aromatic rings. The number of rotatable bonds is 10. The number of alkyl halides is 3. The number of nitrogens with zero attached hydrogens (tertiary/aromatic N) is 2. The summed E-state index contributed by atoms with van der Waals surface area (Å²) in [7, 11) is 1.69. The molecule has 0 bridgehead atoms. The quantitative estimate of drug-likeness (QED) is 0.330. The van der Waals surface area contributed by atoms with E-state index >= 15 is 0 Å². The van der Waals surface area contributed by atoms with E-state index in [2.05, 4.69) is 29.5 Å². The zero-order chi connectivity index (χ0) is 33.0. The highest BCUT2D eigenvalue weighted by Crippen LogP contribution is 2.47. The van der Waals surface area contributed by atoms with Gasteiger partial charge >= 0.3 is 12.3 Å². The standard InChI is InChI=1S/C33H51F3N4O5/c1-21(2)32(13-10-23(18-32)38-27-12-16-44-20-28(27)43-6)29(41)40-15-11-25-22(19-40)17-24(33(34,35)36)26(39-25)9-7-8-14-37-30(42)45-31(3,4)5/h17,21,23,27-28,38H,7-16,18-20H2,1-6H3,(H,37,42)/t23-,27+,28-,32+/m1/s1. The number of halogens is 3. The number of carbonyl (C=O) groups is 2. The van der Waals surface area contributed by atoms with E-state index in [1.54, 1.807) is 32.8 Å². The van der Waals surface area contributed by atoms with Crippen molar-refractivity contribution in [3.8, 4) is 0 Å². The molecule has 3 aliphatic rings. The smallest absolute Gasteiger partial charge is 0.418 e. The molecular formula is C33H51F3N4O5. The fraction of sp³-hybridized carbons (Fsp3) is 0.788. The summed E-state index contributed by atoms with van der Waals surface area (Å²) in [5, 5.41) is 6.37. The molecule has 254 valence electrons. The molecule has 45 heavy (non-hydrogen) atoms. The van der Waals surface area contributed by atoms with Gasteiger partial charge in [0, 0.05) is 57.5 Å². The van der Waals surface area contributed by atoms with Crippen LogP contribution in [0.1, 0.15) is 95.7 Å². The first-order valence-electron chi connectivity index (χ1n) is 16.3. The number of hydrogen-bond acceptors (Lipinski definition) is 7. The van der Waals surface area contributed by atoms with Gasteiger partial charge in [0.25, 0.3) is 0 Å². The lowest BCUT2D eigenvalue weighted by Crippen LogP contribution is -2.52. The van der Waals surface area contributed by atoms with Crippen molar-refractivity contribution in [2.75, 3.05) is 33.4 Å². The van der Waals surface area contributed by atoms with E-state index < -0.39 is 28.8 Å². The van der Waals surface area contributed by atoms with Crippen molar-refractivity contribution in [2.24, 2.45) is 11.3 Å². The number of carbonyl (C=O) groups excluding carboxylic acids is 2. The van der Waals surface area contributed by atoms with Gasteiger partial charge in [-0.05, 0) is 83.3 Å². The zero-order valence-corrected chi connectivity index (χ0v) is 27.6. The summed E-state index contributed by atoms with van der Waals surface area (Å²) in [4.78, 5) is 32.3. The number of aryl methyl sites for hydroxylation is 1. The van der Waals surface area contributed by atoms with Crippen molar-refractivity contribution < 1.29 is 37.0 Å². The topological polar surface area (TPSA) is 102 Å². The number of pyridine rings is 1. The largest absolute Gasteiger partial charge is 0.444 e. The molecular weight excluding hydrogens is 589 g/mol. The SMILES string of the molecule is CO[C@@H]1COCC[C@@H]1N[C@@H]1CC[C@@](C(=O)N2CCc3nc(CCCCNC(=O)OC(C)(C)C)c(C(F)(F)F)cc3C2)(C(C)C)C1. The number of amides is 2. The van der Waals surface area contributed by atoms with Gasteiger partial charge in [0.15, 0.2) is 0 Å². The Morgan fingerprint density at radius 2 is 1.96 bits per heavy atom. The number of methoxy groups -OCH3 is 1. The van der Waals surface area contributed by atoms with Gasteiger partial charge < -0.3 is 29.7 Å². The van der Waals surface area contributed by atoms with Gasteiger partial charge in [-0.1, -0.05) is 13.8 Å². The predicted octanol–water partition coefficient (Wildman–Crippen LogP) is 5.42. The monoisotopic (exact) mass is 640 g/mol. The van der Waals surface area contributed by atoms with E-state index in [-0.39, 0.29) is 48.7 Å². The summed E-state index contributed by atoms with van der Waals surface area (Å²) < 4.78 is 59.0. The van der Waals surface area contributed by atoms with E-state index in [1.807, 2.05) is 0 Å². The van der Waals surface area contributed by atoms with Crippen LogP contribution in [-0.4, -0.2) is 79.1 Å². The lowest BCUT2D eigenvalue weighted by molar-refractivity contribution is -0.146. The Morgan fingerprint density at radius 3 is 2.62 bits per heavy atom. The lowest BCUT2D eigenvalue weighted by Gasteiger charge is -2.40. The third kappa shape index (κ3) is 8.88. The van der Waals surface area contributed by atoms with Crippen LogP contribution in [-0.2, 0) is 44.6 Å². The van der Waals surface area contributed by atoms with Gasteiger partial charge in [-0.3, -0.25) is 9.78 Å². The molecule has 9 nitrogen and oxygen atoms in total. The van der Waals surface area contributed by atoms with Gasteiger partial charge in [0.05, 0.1) is 29.4 Å². The second-order valence-corrected chi connectivity index (χ2v) is 14.1. The summed E-state index contributed by atoms with van der Waals surface area (Å²) in [6.45, 7) is 11.5. The van der Waals surface area contributed by atoms with Gasteiger partial charge in [-0.2, -0.15) is 13.2 Å². The Balaban J connectivity index is 1.41. The first kappa shape index (κ1) is 35.4. The maximum Gasteiger partial charge on any atom is 0.418 e. The highest BCUT2D eigenvalue weighted by Gasteiger charge is 2.50. The molecule has 0 spiro atoms. The maximum absolute atomic E-state index is 14.2. The Labute approximate surface area is 265 Å². The van der Waals surface area contributed by atoms with Crippen LogP contribution < -0.4 is 10.6 Å². The van der Waals surface area contributed by atoms with Crippen molar-refractivity contribution in [3.05, 3.63) is 28.6 Å². The summed E-state index contributed by atoms with van der Waals surface area (Å²) in [5.74, 6) is 0.111. The van der Waals surface area contributed by atoms with Gasteiger partial charge in [-0.25, -0.2) is 4.79 Å². The molecule has 3 heterocycles. The molecule has 0 radical (unpaired) electrons. The summed E-state index contributed by atoms with van der Waals surface area (Å²) in [6.07, 6.45) is -0.532. The Morgan fingerprint density at radius 1 is 1.20 bits per heavy atom. The van der Waals surface area contributed by atoms with Crippen LogP contribution in [0.2, 0.25) is 0 Å². The third-order valence-electron chi connectivity index (χ3n) is 9.49. The van der Waals surface area contributed by atoms with Crippen LogP contribution >= 0.6 is 0 Å². The average Bonchev–Trinajstić information content (AvgIpc) is 3.40. The first-order chi connectivity index (χ1) is 21.1. The Kier molecular flexibility index (Phi) is 11.4. The number of fused-ring (bicyclic) bond motifs is 1. The van der Waals surface area contributed by atoms with Crippen LogP contribution in [0.25, 0.3) is 0 Å². The highest BCUT2D eigenvalue weighted by atomic mass is 19.4. The Bertz CT molecular complexity index is 1190. The van der Waals surface area contributed by atoms with Crippen molar-refractivity contribution in [1.82, 2.24) is 20.5 Å². The van der Waals surface area contributed by atoms with Crippen LogP contribution in [0.5, 0.6) is 0 Å². The normalized spacial score (nSPS) is 25.7. The fourth-order valence-corrected chi connectivity index (χ4v) is 6.98. The number of nitrogens with one attached hydrogen (secondary N) is 2. The maximum atomic E-state index is 14.2. The molecule has 12 heteroatoms. The van der Waals surface area contributed by atoms with Crippen molar-refractivity contribution >= 4 is 12.0 Å². The average molecular weight is 641 g/mol. The molecule has 2 N–H and O–H groups in total. The molecule has 1 aliphatic carbocycles. The molecule has 1 aromatic heterocycles. The predicted molar refractivity (Wildman–Crippen MR) is 164 cm³/mol. The van der Waals surface area contributed by atoms with Gasteiger partial charge in [0.1, 0.15) is 5.60 Å². The molecule has 4 atom stereocenters. The summed E-state index contributed by atoms with van der Waals surface area (Å²) in [5.41, 5.74) is -0.828. The number of ether oxygens (including phenoxy) is 3. The molecule has 1 saturated carbocycles. The van der Waals surface area contributed by atoms with Crippen molar-refractivity contribution in [1.29, 1.82) is 0 Å². The molecule has 2 fully saturated rings. The number of alkyl carbamates (subject to hydrolysis) is 1. The minimum Gasteiger partial charge on any atom is -0.444 e. The van der Waals surface area contributed by atoms with E-state index in [4.69, 9.17) is 14.2 Å². The first-order valence-corrected chi connectivity index (χ1v) is 16.3. The van der Waals surface area contributed by atoms with Crippen LogP contribution in [0.15, 0.2) is 6.07 Å². The zero-order valence-electron chi connectivity index (χ0n) is 27.6. The second-order valence-electron chi connectivity index (χ2n) is 14.1. The number of unbranched alkanes of at least 4 members (excludes halogenated alkanes) is 1. The van der Waals surface area contributed by atoms with Gasteiger partial charge in [0.2, 0.25) is 5.91 Å². The molecule has 1 saturated heterocycles. The highest BCUT2D eigenvalue weighted by molar-refractivity contribution is 5.84. The summed E-state index contributed by atoms with van der Waals surface area (Å²) in [6, 6.07) is 1.53.